The van der Waals surface area contributed by atoms with Crippen molar-refractivity contribution in [1.29, 1.82) is 0 Å². The Hall–Kier alpha value is -2.82. The minimum absolute atomic E-state index is 0.144. The summed E-state index contributed by atoms with van der Waals surface area (Å²) in [6, 6.07) is -0.424. The van der Waals surface area contributed by atoms with Gasteiger partial charge in [0.15, 0.2) is 0 Å². The van der Waals surface area contributed by atoms with Gasteiger partial charge in [0, 0.05) is 44.5 Å². The lowest BCUT2D eigenvalue weighted by molar-refractivity contribution is -0.137. The molecule has 2 aromatic rings. The molecule has 1 aliphatic heterocycles. The van der Waals surface area contributed by atoms with Gasteiger partial charge in [-0.2, -0.15) is 18.3 Å². The molecule has 2 aromatic heterocycles. The number of nitrogens with one attached hydrogen (secondary N) is 2. The molecule has 4 N–H and O–H groups in total. The molecular weight excluding hydrogens is 353 g/mol. The van der Waals surface area contributed by atoms with E-state index in [1.165, 1.54) is 4.90 Å². The Labute approximate surface area is 145 Å². The van der Waals surface area contributed by atoms with Crippen LogP contribution in [0.5, 0.6) is 0 Å². The number of carbonyl (C=O) groups excluding carboxylic acids is 1. The maximum Gasteiger partial charge on any atom is 0.417 e. The summed E-state index contributed by atoms with van der Waals surface area (Å²) < 4.78 is 39.9. The molecule has 8 nitrogen and oxygen atoms in total. The SMILES string of the molecule is Cn1cc([C@@H]2CN(C(=O)Nc3cc(C(F)(F)F)c[nH]c3=O)C[C@H]2N)cn1. The van der Waals surface area contributed by atoms with E-state index >= 15 is 0 Å². The molecular formula is C15H17F3N6O2. The lowest BCUT2D eigenvalue weighted by atomic mass is 9.98. The van der Waals surface area contributed by atoms with Gasteiger partial charge in [-0.25, -0.2) is 4.79 Å². The van der Waals surface area contributed by atoms with Crippen LogP contribution < -0.4 is 16.6 Å². The molecule has 0 spiro atoms. The number of rotatable bonds is 2. The van der Waals surface area contributed by atoms with Crippen LogP contribution in [0.2, 0.25) is 0 Å². The van der Waals surface area contributed by atoms with Crippen molar-refractivity contribution in [3.63, 3.8) is 0 Å². The number of likely N-dealkylation sites (tertiary alicyclic amines) is 1. The summed E-state index contributed by atoms with van der Waals surface area (Å²) in [6.07, 6.45) is -0.625. The predicted octanol–water partition coefficient (Wildman–Crippen LogP) is 1.09. The predicted molar refractivity (Wildman–Crippen MR) is 86.6 cm³/mol. The standard InChI is InChI=1S/C15H17F3N6O2/c1-23-5-8(3-21-23)10-6-24(7-11(10)19)14(26)22-12-2-9(15(16,17)18)4-20-13(12)25/h2-5,10-11H,6-7,19H2,1H3,(H,20,25)(H,22,26)/t10-,11+/m0/s1. The molecule has 0 aromatic carbocycles. The highest BCUT2D eigenvalue weighted by Gasteiger charge is 2.35. The number of nitrogens with zero attached hydrogens (tertiary/aromatic N) is 3. The number of pyridine rings is 1. The van der Waals surface area contributed by atoms with Crippen molar-refractivity contribution in [3.05, 3.63) is 46.1 Å². The van der Waals surface area contributed by atoms with Crippen molar-refractivity contribution in [2.45, 2.75) is 18.1 Å². The molecule has 0 saturated carbocycles. The van der Waals surface area contributed by atoms with Crippen LogP contribution in [0.25, 0.3) is 0 Å². The summed E-state index contributed by atoms with van der Waals surface area (Å²) >= 11 is 0. The highest BCUT2D eigenvalue weighted by Crippen LogP contribution is 2.30. The summed E-state index contributed by atoms with van der Waals surface area (Å²) in [7, 11) is 1.76. The van der Waals surface area contributed by atoms with Crippen LogP contribution >= 0.6 is 0 Å². The fraction of sp³-hybridized carbons (Fsp3) is 0.400. The van der Waals surface area contributed by atoms with Crippen LogP contribution in [-0.2, 0) is 13.2 Å². The lowest BCUT2D eigenvalue weighted by Crippen LogP contribution is -2.36. The molecule has 1 saturated heterocycles. The first-order valence-electron chi connectivity index (χ1n) is 7.75. The number of hydrogen-bond donors (Lipinski definition) is 3. The number of halogens is 3. The lowest BCUT2D eigenvalue weighted by Gasteiger charge is -2.17. The summed E-state index contributed by atoms with van der Waals surface area (Å²) in [6.45, 7) is 0.484. The number of carbonyl (C=O) groups is 1. The summed E-state index contributed by atoms with van der Waals surface area (Å²) in [5, 5.41) is 6.30. The van der Waals surface area contributed by atoms with E-state index in [2.05, 4.69) is 10.4 Å². The second kappa shape index (κ2) is 6.48. The number of anilines is 1. The monoisotopic (exact) mass is 370 g/mol. The fourth-order valence-corrected chi connectivity index (χ4v) is 2.91. The van der Waals surface area contributed by atoms with E-state index < -0.39 is 29.0 Å². The van der Waals surface area contributed by atoms with Crippen molar-refractivity contribution >= 4 is 11.7 Å². The van der Waals surface area contributed by atoms with Gasteiger partial charge in [0.1, 0.15) is 5.69 Å². The Morgan fingerprint density at radius 3 is 2.77 bits per heavy atom. The Kier molecular flexibility index (Phi) is 4.48. The van der Waals surface area contributed by atoms with Gasteiger partial charge in [0.05, 0.1) is 11.8 Å². The molecule has 3 heterocycles. The molecule has 1 aliphatic rings. The average molecular weight is 370 g/mol. The molecule has 2 atom stereocenters. The Morgan fingerprint density at radius 2 is 2.15 bits per heavy atom. The van der Waals surface area contributed by atoms with Gasteiger partial charge in [-0.1, -0.05) is 0 Å². The number of aromatic amines is 1. The number of amides is 2. The summed E-state index contributed by atoms with van der Waals surface area (Å²) in [5.41, 5.74) is 4.60. The van der Waals surface area contributed by atoms with E-state index in [-0.39, 0.29) is 25.0 Å². The quantitative estimate of drug-likeness (QED) is 0.735. The van der Waals surface area contributed by atoms with E-state index in [1.54, 1.807) is 24.1 Å². The first-order chi connectivity index (χ1) is 12.1. The van der Waals surface area contributed by atoms with E-state index in [1.807, 2.05) is 4.98 Å². The third-order valence-corrected chi connectivity index (χ3v) is 4.28. The van der Waals surface area contributed by atoms with Crippen LogP contribution in [-0.4, -0.2) is 44.8 Å². The number of urea groups is 1. The normalized spacial score (nSPS) is 20.4. The summed E-state index contributed by atoms with van der Waals surface area (Å²) in [5.74, 6) is -0.144. The average Bonchev–Trinajstić information content (AvgIpc) is 3.14. The van der Waals surface area contributed by atoms with Gasteiger partial charge in [-0.05, 0) is 11.6 Å². The molecule has 140 valence electrons. The van der Waals surface area contributed by atoms with E-state index in [0.717, 1.165) is 5.56 Å². The number of alkyl halides is 3. The molecule has 0 bridgehead atoms. The number of H-pyrrole nitrogens is 1. The zero-order valence-electron chi connectivity index (χ0n) is 13.7. The largest absolute Gasteiger partial charge is 0.417 e. The van der Waals surface area contributed by atoms with Gasteiger partial charge in [0.2, 0.25) is 0 Å². The maximum atomic E-state index is 12.8. The number of aromatic nitrogens is 3. The van der Waals surface area contributed by atoms with Crippen LogP contribution in [0.1, 0.15) is 17.0 Å². The van der Waals surface area contributed by atoms with Crippen LogP contribution in [0.3, 0.4) is 0 Å². The van der Waals surface area contributed by atoms with E-state index in [0.29, 0.717) is 12.3 Å². The zero-order valence-corrected chi connectivity index (χ0v) is 13.7. The van der Waals surface area contributed by atoms with Crippen molar-refractivity contribution in [2.75, 3.05) is 18.4 Å². The van der Waals surface area contributed by atoms with Gasteiger partial charge in [-0.15, -0.1) is 0 Å². The Bertz CT molecular complexity index is 875. The number of nitrogens with two attached hydrogens (primary N) is 1. The van der Waals surface area contributed by atoms with Crippen LogP contribution in [0.4, 0.5) is 23.7 Å². The highest BCUT2D eigenvalue weighted by atomic mass is 19.4. The van der Waals surface area contributed by atoms with Crippen molar-refractivity contribution < 1.29 is 18.0 Å². The fourth-order valence-electron chi connectivity index (χ4n) is 2.91. The summed E-state index contributed by atoms with van der Waals surface area (Å²) in [4.78, 5) is 27.4. The Balaban J connectivity index is 1.74. The number of aryl methyl sites for hydroxylation is 1. The van der Waals surface area contributed by atoms with Crippen molar-refractivity contribution in [2.24, 2.45) is 12.8 Å². The molecule has 0 radical (unpaired) electrons. The van der Waals surface area contributed by atoms with E-state index in [4.69, 9.17) is 5.73 Å². The van der Waals surface area contributed by atoms with Gasteiger partial charge in [0.25, 0.3) is 5.56 Å². The third kappa shape index (κ3) is 3.57. The molecule has 3 rings (SSSR count). The molecule has 26 heavy (non-hydrogen) atoms. The second-order valence-electron chi connectivity index (χ2n) is 6.18. The van der Waals surface area contributed by atoms with Crippen LogP contribution in [0.15, 0.2) is 29.5 Å². The van der Waals surface area contributed by atoms with Crippen molar-refractivity contribution in [1.82, 2.24) is 19.7 Å². The molecule has 2 amide bonds. The van der Waals surface area contributed by atoms with Crippen molar-refractivity contribution in [3.8, 4) is 0 Å². The van der Waals surface area contributed by atoms with Gasteiger partial charge >= 0.3 is 12.2 Å². The zero-order chi connectivity index (χ0) is 19.1. The molecule has 0 aliphatic carbocycles. The maximum absolute atomic E-state index is 12.8. The smallest absolute Gasteiger partial charge is 0.327 e. The van der Waals surface area contributed by atoms with Crippen LogP contribution in [0, 0.1) is 0 Å². The second-order valence-corrected chi connectivity index (χ2v) is 6.18. The minimum Gasteiger partial charge on any atom is -0.327 e. The van der Waals surface area contributed by atoms with Gasteiger partial charge < -0.3 is 20.9 Å². The first kappa shape index (κ1) is 18.0. The highest BCUT2D eigenvalue weighted by molar-refractivity contribution is 5.89. The van der Waals surface area contributed by atoms with E-state index in [9.17, 15) is 22.8 Å². The molecule has 0 unspecified atom stereocenters. The first-order valence-corrected chi connectivity index (χ1v) is 7.75. The molecule has 11 heteroatoms. The molecule has 1 fully saturated rings. The minimum atomic E-state index is -4.63. The Morgan fingerprint density at radius 1 is 1.42 bits per heavy atom. The topological polar surface area (TPSA) is 109 Å². The third-order valence-electron chi connectivity index (χ3n) is 4.28. The number of hydrogen-bond acceptors (Lipinski definition) is 4. The van der Waals surface area contributed by atoms with Gasteiger partial charge in [-0.3, -0.25) is 9.48 Å².